The van der Waals surface area contributed by atoms with Gasteiger partial charge in [-0.2, -0.15) is 0 Å². The van der Waals surface area contributed by atoms with Crippen molar-refractivity contribution in [1.29, 1.82) is 0 Å². The van der Waals surface area contributed by atoms with Gasteiger partial charge < -0.3 is 20.9 Å². The van der Waals surface area contributed by atoms with Crippen molar-refractivity contribution >= 4 is 29.2 Å². The van der Waals surface area contributed by atoms with Crippen molar-refractivity contribution in [2.75, 3.05) is 17.2 Å². The van der Waals surface area contributed by atoms with E-state index < -0.39 is 0 Å². The zero-order valence-electron chi connectivity index (χ0n) is 13.6. The second-order valence-electron chi connectivity index (χ2n) is 5.90. The van der Waals surface area contributed by atoms with Crippen LogP contribution >= 0.6 is 0 Å². The first-order valence-electron chi connectivity index (χ1n) is 7.60. The molecule has 1 aliphatic heterocycles. The Morgan fingerprint density at radius 2 is 1.87 bits per heavy atom. The van der Waals surface area contributed by atoms with E-state index >= 15 is 0 Å². The number of likely N-dealkylation sites (tertiary alicyclic amines) is 1. The maximum absolute atomic E-state index is 12.0. The van der Waals surface area contributed by atoms with Gasteiger partial charge in [-0.25, -0.2) is 4.79 Å². The van der Waals surface area contributed by atoms with Crippen molar-refractivity contribution < 1.29 is 14.4 Å². The van der Waals surface area contributed by atoms with Gasteiger partial charge in [0.1, 0.15) is 0 Å². The van der Waals surface area contributed by atoms with Crippen LogP contribution in [0.3, 0.4) is 0 Å². The highest BCUT2D eigenvalue weighted by atomic mass is 16.2. The average molecular weight is 318 g/mol. The Hall–Kier alpha value is -2.57. The van der Waals surface area contributed by atoms with Gasteiger partial charge in [0.15, 0.2) is 0 Å². The van der Waals surface area contributed by atoms with Crippen molar-refractivity contribution in [2.45, 2.75) is 39.3 Å². The minimum absolute atomic E-state index is 0.0537. The third-order valence-corrected chi connectivity index (χ3v) is 3.56. The molecule has 1 aromatic carbocycles. The van der Waals surface area contributed by atoms with Crippen molar-refractivity contribution in [3.05, 3.63) is 24.3 Å². The highest BCUT2D eigenvalue weighted by Crippen LogP contribution is 2.16. The van der Waals surface area contributed by atoms with Crippen LogP contribution in [0.1, 0.15) is 27.2 Å². The Bertz CT molecular complexity index is 615. The Kier molecular flexibility index (Phi) is 5.20. The molecule has 7 heteroatoms. The van der Waals surface area contributed by atoms with Crippen molar-refractivity contribution in [3.8, 4) is 0 Å². The molecule has 23 heavy (non-hydrogen) atoms. The molecule has 0 aromatic heterocycles. The molecule has 0 saturated carbocycles. The van der Waals surface area contributed by atoms with Gasteiger partial charge in [0, 0.05) is 37.3 Å². The summed E-state index contributed by atoms with van der Waals surface area (Å²) in [4.78, 5) is 36.7. The van der Waals surface area contributed by atoms with Gasteiger partial charge in [0.25, 0.3) is 0 Å². The molecule has 0 aliphatic carbocycles. The lowest BCUT2D eigenvalue weighted by atomic mass is 10.2. The van der Waals surface area contributed by atoms with E-state index in [2.05, 4.69) is 16.0 Å². The van der Waals surface area contributed by atoms with Crippen LogP contribution in [0.15, 0.2) is 24.3 Å². The number of amides is 4. The number of anilines is 2. The topological polar surface area (TPSA) is 90.5 Å². The molecule has 0 bridgehead atoms. The quantitative estimate of drug-likeness (QED) is 0.790. The summed E-state index contributed by atoms with van der Waals surface area (Å²) >= 11 is 0. The number of nitrogens with one attached hydrogen (secondary N) is 3. The standard InChI is InChI=1S/C16H22N4O3/c1-10(2)20-9-14(8-15(20)22)19-16(23)18-13-6-4-5-12(7-13)17-11(3)21/h4-7,10,14H,8-9H2,1-3H3,(H,17,21)(H2,18,19,23). The Balaban J connectivity index is 1.90. The van der Waals surface area contributed by atoms with Crippen LogP contribution in [-0.4, -0.2) is 41.4 Å². The maximum Gasteiger partial charge on any atom is 0.319 e. The second-order valence-corrected chi connectivity index (χ2v) is 5.90. The van der Waals surface area contributed by atoms with E-state index in [0.717, 1.165) is 0 Å². The van der Waals surface area contributed by atoms with E-state index in [1.807, 2.05) is 13.8 Å². The summed E-state index contributed by atoms with van der Waals surface area (Å²) in [6.45, 7) is 5.85. The molecular formula is C16H22N4O3. The van der Waals surface area contributed by atoms with Crippen LogP contribution in [0.2, 0.25) is 0 Å². The molecule has 7 nitrogen and oxygen atoms in total. The van der Waals surface area contributed by atoms with Gasteiger partial charge >= 0.3 is 6.03 Å². The molecule has 1 heterocycles. The molecular weight excluding hydrogens is 296 g/mol. The van der Waals surface area contributed by atoms with Crippen LogP contribution in [-0.2, 0) is 9.59 Å². The zero-order chi connectivity index (χ0) is 17.0. The van der Waals surface area contributed by atoms with Crippen LogP contribution < -0.4 is 16.0 Å². The monoisotopic (exact) mass is 318 g/mol. The Morgan fingerprint density at radius 3 is 2.43 bits per heavy atom. The molecule has 0 spiro atoms. The van der Waals surface area contributed by atoms with E-state index in [1.54, 1.807) is 29.2 Å². The number of nitrogens with zero attached hydrogens (tertiary/aromatic N) is 1. The number of carbonyl (C=O) groups excluding carboxylic acids is 3. The lowest BCUT2D eigenvalue weighted by Gasteiger charge is -2.21. The van der Waals surface area contributed by atoms with Crippen LogP contribution in [0, 0.1) is 0 Å². The lowest BCUT2D eigenvalue weighted by molar-refractivity contribution is -0.129. The van der Waals surface area contributed by atoms with Crippen LogP contribution in [0.25, 0.3) is 0 Å². The molecule has 3 N–H and O–H groups in total. The zero-order valence-corrected chi connectivity index (χ0v) is 13.6. The molecule has 1 atom stereocenters. The molecule has 1 fully saturated rings. The average Bonchev–Trinajstić information content (AvgIpc) is 2.79. The fourth-order valence-electron chi connectivity index (χ4n) is 2.56. The van der Waals surface area contributed by atoms with Gasteiger partial charge in [0.2, 0.25) is 11.8 Å². The molecule has 2 rings (SSSR count). The molecule has 1 aromatic rings. The number of hydrogen-bond acceptors (Lipinski definition) is 3. The highest BCUT2D eigenvalue weighted by molar-refractivity contribution is 5.93. The third-order valence-electron chi connectivity index (χ3n) is 3.56. The predicted octanol–water partition coefficient (Wildman–Crippen LogP) is 1.78. The highest BCUT2D eigenvalue weighted by Gasteiger charge is 2.31. The summed E-state index contributed by atoms with van der Waals surface area (Å²) < 4.78 is 0. The number of carbonyl (C=O) groups is 3. The van der Waals surface area contributed by atoms with Crippen molar-refractivity contribution in [3.63, 3.8) is 0 Å². The minimum atomic E-state index is -0.367. The first-order valence-corrected chi connectivity index (χ1v) is 7.60. The lowest BCUT2D eigenvalue weighted by Crippen LogP contribution is -2.40. The fourth-order valence-corrected chi connectivity index (χ4v) is 2.56. The number of urea groups is 1. The van der Waals surface area contributed by atoms with Crippen LogP contribution in [0.5, 0.6) is 0 Å². The third kappa shape index (κ3) is 4.70. The molecule has 1 saturated heterocycles. The number of rotatable bonds is 4. The summed E-state index contributed by atoms with van der Waals surface area (Å²) in [5.41, 5.74) is 1.18. The second kappa shape index (κ2) is 7.13. The summed E-state index contributed by atoms with van der Waals surface area (Å²) in [6, 6.07) is 6.44. The molecule has 4 amide bonds. The molecule has 1 aliphatic rings. The van der Waals surface area contributed by atoms with Gasteiger partial charge in [-0.1, -0.05) is 6.07 Å². The predicted molar refractivity (Wildman–Crippen MR) is 88.2 cm³/mol. The Labute approximate surface area is 135 Å². The summed E-state index contributed by atoms with van der Waals surface area (Å²) in [5.74, 6) is -0.122. The van der Waals surface area contributed by atoms with Crippen molar-refractivity contribution in [1.82, 2.24) is 10.2 Å². The van der Waals surface area contributed by atoms with Crippen molar-refractivity contribution in [2.24, 2.45) is 0 Å². The SMILES string of the molecule is CC(=O)Nc1cccc(NC(=O)NC2CC(=O)N(C(C)C)C2)c1. The number of benzene rings is 1. The largest absolute Gasteiger partial charge is 0.338 e. The smallest absolute Gasteiger partial charge is 0.319 e. The first kappa shape index (κ1) is 16.8. The summed E-state index contributed by atoms with van der Waals surface area (Å²) in [6.07, 6.45) is 0.317. The van der Waals surface area contributed by atoms with Crippen LogP contribution in [0.4, 0.5) is 16.2 Å². The first-order chi connectivity index (χ1) is 10.8. The molecule has 0 radical (unpaired) electrons. The van der Waals surface area contributed by atoms with E-state index in [-0.39, 0.29) is 29.9 Å². The van der Waals surface area contributed by atoms with E-state index in [0.29, 0.717) is 24.3 Å². The summed E-state index contributed by atoms with van der Waals surface area (Å²) in [7, 11) is 0. The number of hydrogen-bond donors (Lipinski definition) is 3. The van der Waals surface area contributed by atoms with Gasteiger partial charge in [0.05, 0.1) is 6.04 Å². The molecule has 1 unspecified atom stereocenters. The maximum atomic E-state index is 12.0. The fraction of sp³-hybridized carbons (Fsp3) is 0.438. The Morgan fingerprint density at radius 1 is 1.22 bits per heavy atom. The van der Waals surface area contributed by atoms with Gasteiger partial charge in [-0.05, 0) is 32.0 Å². The van der Waals surface area contributed by atoms with E-state index in [1.165, 1.54) is 6.92 Å². The molecule has 124 valence electrons. The summed E-state index contributed by atoms with van der Waals surface area (Å²) in [5, 5.41) is 8.17. The van der Waals surface area contributed by atoms with E-state index in [9.17, 15) is 14.4 Å². The van der Waals surface area contributed by atoms with Gasteiger partial charge in [-0.15, -0.1) is 0 Å². The minimum Gasteiger partial charge on any atom is -0.338 e. The normalized spacial score (nSPS) is 17.3. The van der Waals surface area contributed by atoms with E-state index in [4.69, 9.17) is 0 Å². The van der Waals surface area contributed by atoms with Gasteiger partial charge in [-0.3, -0.25) is 9.59 Å².